The summed E-state index contributed by atoms with van der Waals surface area (Å²) in [5, 5.41) is 16.6. The molecular weight excluding hydrogens is 342 g/mol. The summed E-state index contributed by atoms with van der Waals surface area (Å²) in [5.41, 5.74) is 2.83. The smallest absolute Gasteiger partial charge is 0.358 e. The van der Waals surface area contributed by atoms with E-state index in [0.29, 0.717) is 11.4 Å². The Labute approximate surface area is 144 Å². The Morgan fingerprint density at radius 3 is 1.96 bits per heavy atom. The van der Waals surface area contributed by atoms with Crippen LogP contribution in [-0.4, -0.2) is 40.7 Å². The van der Waals surface area contributed by atoms with Crippen molar-refractivity contribution in [1.29, 1.82) is 0 Å². The van der Waals surface area contributed by atoms with Gasteiger partial charge in [0.1, 0.15) is 0 Å². The normalized spacial score (nSPS) is 11.4. The highest BCUT2D eigenvalue weighted by molar-refractivity contribution is 7.90. The minimum Gasteiger partial charge on any atom is -0.476 e. The number of rotatable bonds is 4. The fourth-order valence-electron chi connectivity index (χ4n) is 2.46. The van der Waals surface area contributed by atoms with Gasteiger partial charge in [-0.1, -0.05) is 29.5 Å². The van der Waals surface area contributed by atoms with Crippen molar-refractivity contribution in [2.75, 3.05) is 6.26 Å². The molecule has 0 bridgehead atoms. The van der Waals surface area contributed by atoms with Gasteiger partial charge in [0.15, 0.2) is 15.5 Å². The van der Waals surface area contributed by atoms with Crippen molar-refractivity contribution >= 4 is 15.8 Å². The van der Waals surface area contributed by atoms with Gasteiger partial charge in [-0.05, 0) is 42.3 Å². The lowest BCUT2D eigenvalue weighted by Gasteiger charge is -2.06. The van der Waals surface area contributed by atoms with Crippen LogP contribution in [0.15, 0.2) is 53.4 Å². The molecule has 1 aromatic heterocycles. The highest BCUT2D eigenvalue weighted by Crippen LogP contribution is 2.23. The molecular formula is C17H15N3O4S. The summed E-state index contributed by atoms with van der Waals surface area (Å²) >= 11 is 0. The Bertz CT molecular complexity index is 1040. The average Bonchev–Trinajstić information content (AvgIpc) is 2.96. The molecule has 3 aromatic rings. The fourth-order valence-corrected chi connectivity index (χ4v) is 3.09. The van der Waals surface area contributed by atoms with Crippen LogP contribution in [0.4, 0.5) is 0 Å². The van der Waals surface area contributed by atoms with Crippen LogP contribution in [-0.2, 0) is 9.84 Å². The Morgan fingerprint density at radius 2 is 1.52 bits per heavy atom. The molecule has 0 saturated carbocycles. The summed E-state index contributed by atoms with van der Waals surface area (Å²) in [6.45, 7) is 1.64. The summed E-state index contributed by atoms with van der Waals surface area (Å²) in [5.74, 6) is -1.12. The van der Waals surface area contributed by atoms with Gasteiger partial charge in [-0.25, -0.2) is 17.9 Å². The Hall–Kier alpha value is -3.00. The predicted octanol–water partition coefficient (Wildman–Crippen LogP) is 2.34. The molecule has 0 radical (unpaired) electrons. The van der Waals surface area contributed by atoms with Crippen LogP contribution < -0.4 is 0 Å². The first kappa shape index (κ1) is 16.8. The van der Waals surface area contributed by atoms with Gasteiger partial charge in [0.2, 0.25) is 0 Å². The van der Waals surface area contributed by atoms with Crippen molar-refractivity contribution in [1.82, 2.24) is 15.0 Å². The standard InChI is InChI=1S/C17H15N3O4S/c1-11-16(17(21)22)18-19-20(11)14-7-3-12(4-8-14)13-5-9-15(10-6-13)25(2,23)24/h3-10H,1-2H3,(H,21,22). The van der Waals surface area contributed by atoms with Gasteiger partial charge in [0.25, 0.3) is 0 Å². The zero-order valence-electron chi connectivity index (χ0n) is 13.5. The molecule has 1 N–H and O–H groups in total. The van der Waals surface area contributed by atoms with Crippen molar-refractivity contribution in [3.05, 3.63) is 59.9 Å². The molecule has 0 saturated heterocycles. The van der Waals surface area contributed by atoms with E-state index in [9.17, 15) is 13.2 Å². The first-order valence-electron chi connectivity index (χ1n) is 7.34. The van der Waals surface area contributed by atoms with Crippen molar-refractivity contribution in [3.8, 4) is 16.8 Å². The Kier molecular flexibility index (Phi) is 4.13. The van der Waals surface area contributed by atoms with Gasteiger partial charge in [-0.15, -0.1) is 5.10 Å². The van der Waals surface area contributed by atoms with Gasteiger partial charge >= 0.3 is 5.97 Å². The molecule has 0 amide bonds. The number of nitrogens with zero attached hydrogens (tertiary/aromatic N) is 3. The lowest BCUT2D eigenvalue weighted by atomic mass is 10.1. The van der Waals surface area contributed by atoms with Gasteiger partial charge < -0.3 is 5.11 Å². The molecule has 25 heavy (non-hydrogen) atoms. The quantitative estimate of drug-likeness (QED) is 0.769. The number of aromatic nitrogens is 3. The molecule has 2 aromatic carbocycles. The summed E-state index contributed by atoms with van der Waals surface area (Å²) in [7, 11) is -3.22. The SMILES string of the molecule is Cc1c(C(=O)O)nnn1-c1ccc(-c2ccc(S(C)(=O)=O)cc2)cc1. The molecule has 8 heteroatoms. The maximum absolute atomic E-state index is 11.5. The zero-order chi connectivity index (χ0) is 18.2. The van der Waals surface area contributed by atoms with Gasteiger partial charge in [-0.2, -0.15) is 0 Å². The van der Waals surface area contributed by atoms with Gasteiger partial charge in [-0.3, -0.25) is 0 Å². The Balaban J connectivity index is 1.91. The maximum Gasteiger partial charge on any atom is 0.358 e. The van der Waals surface area contributed by atoms with E-state index >= 15 is 0 Å². The molecule has 0 aliphatic heterocycles. The van der Waals surface area contributed by atoms with Crippen LogP contribution in [0.5, 0.6) is 0 Å². The molecule has 7 nitrogen and oxygen atoms in total. The number of sulfone groups is 1. The van der Waals surface area contributed by atoms with Crippen molar-refractivity contribution in [2.45, 2.75) is 11.8 Å². The summed E-state index contributed by atoms with van der Waals surface area (Å²) in [6, 6.07) is 13.9. The van der Waals surface area contributed by atoms with E-state index in [0.717, 1.165) is 11.1 Å². The summed E-state index contributed by atoms with van der Waals surface area (Å²) < 4.78 is 24.5. The van der Waals surface area contributed by atoms with Crippen LogP contribution >= 0.6 is 0 Å². The average molecular weight is 357 g/mol. The van der Waals surface area contributed by atoms with Crippen LogP contribution in [0, 0.1) is 6.92 Å². The molecule has 0 aliphatic carbocycles. The molecule has 0 atom stereocenters. The fraction of sp³-hybridized carbons (Fsp3) is 0.118. The molecule has 1 heterocycles. The van der Waals surface area contributed by atoms with E-state index in [1.807, 2.05) is 12.1 Å². The lowest BCUT2D eigenvalue weighted by Crippen LogP contribution is -2.02. The summed E-state index contributed by atoms with van der Waals surface area (Å²) in [4.78, 5) is 11.3. The minimum absolute atomic E-state index is 0.0829. The van der Waals surface area contributed by atoms with E-state index in [1.54, 1.807) is 43.3 Å². The summed E-state index contributed by atoms with van der Waals surface area (Å²) in [6.07, 6.45) is 1.17. The molecule has 0 fully saturated rings. The highest BCUT2D eigenvalue weighted by Gasteiger charge is 2.16. The number of carbonyl (C=O) groups is 1. The third-order valence-electron chi connectivity index (χ3n) is 3.82. The Morgan fingerprint density at radius 1 is 1.00 bits per heavy atom. The molecule has 128 valence electrons. The maximum atomic E-state index is 11.5. The second-order valence-electron chi connectivity index (χ2n) is 5.58. The topological polar surface area (TPSA) is 102 Å². The van der Waals surface area contributed by atoms with Crippen molar-refractivity contribution in [2.24, 2.45) is 0 Å². The monoisotopic (exact) mass is 357 g/mol. The predicted molar refractivity (Wildman–Crippen MR) is 91.6 cm³/mol. The lowest BCUT2D eigenvalue weighted by molar-refractivity contribution is 0.0689. The highest BCUT2D eigenvalue weighted by atomic mass is 32.2. The van der Waals surface area contributed by atoms with E-state index < -0.39 is 15.8 Å². The number of carboxylic acid groups (broad SMARTS) is 1. The van der Waals surface area contributed by atoms with Crippen LogP contribution in [0.2, 0.25) is 0 Å². The first-order chi connectivity index (χ1) is 11.8. The molecule has 3 rings (SSSR count). The minimum atomic E-state index is -3.22. The number of hydrogen-bond acceptors (Lipinski definition) is 5. The van der Waals surface area contributed by atoms with E-state index in [-0.39, 0.29) is 10.6 Å². The number of benzene rings is 2. The van der Waals surface area contributed by atoms with E-state index in [1.165, 1.54) is 10.9 Å². The number of hydrogen-bond donors (Lipinski definition) is 1. The molecule has 0 spiro atoms. The van der Waals surface area contributed by atoms with Crippen LogP contribution in [0.3, 0.4) is 0 Å². The third-order valence-corrected chi connectivity index (χ3v) is 4.95. The molecule has 0 aliphatic rings. The van der Waals surface area contributed by atoms with Crippen LogP contribution in [0.1, 0.15) is 16.2 Å². The second kappa shape index (κ2) is 6.14. The third kappa shape index (κ3) is 3.29. The van der Waals surface area contributed by atoms with Crippen molar-refractivity contribution in [3.63, 3.8) is 0 Å². The zero-order valence-corrected chi connectivity index (χ0v) is 14.4. The number of carboxylic acids is 1. The molecule has 0 unspecified atom stereocenters. The van der Waals surface area contributed by atoms with Crippen molar-refractivity contribution < 1.29 is 18.3 Å². The number of aromatic carboxylic acids is 1. The van der Waals surface area contributed by atoms with Gasteiger partial charge in [0, 0.05) is 6.26 Å². The van der Waals surface area contributed by atoms with E-state index in [2.05, 4.69) is 10.3 Å². The van der Waals surface area contributed by atoms with Gasteiger partial charge in [0.05, 0.1) is 16.3 Å². The first-order valence-corrected chi connectivity index (χ1v) is 9.23. The van der Waals surface area contributed by atoms with E-state index in [4.69, 9.17) is 5.11 Å². The second-order valence-corrected chi connectivity index (χ2v) is 7.60. The van der Waals surface area contributed by atoms with Crippen LogP contribution in [0.25, 0.3) is 16.8 Å². The largest absolute Gasteiger partial charge is 0.476 e.